The zero-order chi connectivity index (χ0) is 14.8. The van der Waals surface area contributed by atoms with E-state index >= 15 is 0 Å². The maximum atomic E-state index is 12.6. The fourth-order valence-corrected chi connectivity index (χ4v) is 2.99. The number of ketones is 1. The van der Waals surface area contributed by atoms with E-state index < -0.39 is 0 Å². The van der Waals surface area contributed by atoms with Gasteiger partial charge < -0.3 is 9.47 Å². The molecule has 1 aliphatic carbocycles. The molecule has 3 nitrogen and oxygen atoms in total. The minimum atomic E-state index is 0.102. The van der Waals surface area contributed by atoms with Crippen LogP contribution < -0.4 is 9.47 Å². The number of hydrogen-bond donors (Lipinski definition) is 0. The lowest BCUT2D eigenvalue weighted by molar-refractivity contribution is 0.0967. The summed E-state index contributed by atoms with van der Waals surface area (Å²) >= 11 is 0. The van der Waals surface area contributed by atoms with Crippen molar-refractivity contribution in [1.82, 2.24) is 0 Å². The van der Waals surface area contributed by atoms with Crippen LogP contribution in [0.2, 0.25) is 0 Å². The van der Waals surface area contributed by atoms with Crippen LogP contribution in [0.3, 0.4) is 0 Å². The summed E-state index contributed by atoms with van der Waals surface area (Å²) in [5, 5.41) is 0. The summed E-state index contributed by atoms with van der Waals surface area (Å²) in [6.45, 7) is 0. The van der Waals surface area contributed by atoms with Gasteiger partial charge in [0.25, 0.3) is 0 Å². The first-order chi connectivity index (χ1) is 10.2. The third-order valence-electron chi connectivity index (χ3n) is 4.10. The van der Waals surface area contributed by atoms with Gasteiger partial charge in [-0.05, 0) is 35.6 Å². The normalized spacial score (nSPS) is 15.8. The molecular weight excluding hydrogens is 264 g/mol. The number of methoxy groups -OCH3 is 2. The van der Waals surface area contributed by atoms with Gasteiger partial charge in [-0.25, -0.2) is 0 Å². The number of carbonyl (C=O) groups is 1. The van der Waals surface area contributed by atoms with Crippen molar-refractivity contribution in [3.05, 3.63) is 59.2 Å². The van der Waals surface area contributed by atoms with E-state index in [0.717, 1.165) is 6.42 Å². The van der Waals surface area contributed by atoms with E-state index in [1.165, 1.54) is 11.1 Å². The predicted molar refractivity (Wildman–Crippen MR) is 81.4 cm³/mol. The fraction of sp³-hybridized carbons (Fsp3) is 0.278. The summed E-state index contributed by atoms with van der Waals surface area (Å²) in [6, 6.07) is 13.7. The smallest absolute Gasteiger partial charge is 0.171 e. The van der Waals surface area contributed by atoms with Crippen molar-refractivity contribution in [3.8, 4) is 11.5 Å². The van der Waals surface area contributed by atoms with Crippen molar-refractivity contribution >= 4 is 5.78 Å². The molecule has 3 heteroatoms. The molecule has 21 heavy (non-hydrogen) atoms. The van der Waals surface area contributed by atoms with Gasteiger partial charge >= 0.3 is 0 Å². The summed E-state index contributed by atoms with van der Waals surface area (Å²) in [5.41, 5.74) is 3.25. The lowest BCUT2D eigenvalue weighted by Crippen LogP contribution is -2.20. The Morgan fingerprint density at radius 3 is 2.62 bits per heavy atom. The van der Waals surface area contributed by atoms with Gasteiger partial charge in [-0.3, -0.25) is 4.79 Å². The van der Waals surface area contributed by atoms with E-state index in [1.54, 1.807) is 26.4 Å². The molecule has 0 amide bonds. The summed E-state index contributed by atoms with van der Waals surface area (Å²) in [5.74, 6) is 1.55. The van der Waals surface area contributed by atoms with Crippen molar-refractivity contribution in [3.63, 3.8) is 0 Å². The number of benzene rings is 2. The predicted octanol–water partition coefficient (Wildman–Crippen LogP) is 3.62. The monoisotopic (exact) mass is 282 g/mol. The second kappa shape index (κ2) is 5.60. The highest BCUT2D eigenvalue weighted by Gasteiger charge is 2.29. The second-order valence-corrected chi connectivity index (χ2v) is 5.27. The van der Waals surface area contributed by atoms with Gasteiger partial charge in [-0.15, -0.1) is 0 Å². The van der Waals surface area contributed by atoms with Gasteiger partial charge in [0.2, 0.25) is 0 Å². The second-order valence-electron chi connectivity index (χ2n) is 5.27. The van der Waals surface area contributed by atoms with Gasteiger partial charge in [-0.2, -0.15) is 0 Å². The topological polar surface area (TPSA) is 35.5 Å². The molecule has 0 spiro atoms. The molecule has 0 radical (unpaired) electrons. The first-order valence-corrected chi connectivity index (χ1v) is 7.06. The molecular formula is C18H18O3. The van der Waals surface area contributed by atoms with E-state index in [0.29, 0.717) is 29.4 Å². The lowest BCUT2D eigenvalue weighted by atomic mass is 9.74. The number of rotatable bonds is 5. The molecule has 0 N–H and O–H groups in total. The van der Waals surface area contributed by atoms with Gasteiger partial charge in [0, 0.05) is 6.42 Å². The Morgan fingerprint density at radius 2 is 1.90 bits per heavy atom. The van der Waals surface area contributed by atoms with Crippen LogP contribution in [-0.4, -0.2) is 20.0 Å². The molecule has 1 aliphatic rings. The van der Waals surface area contributed by atoms with E-state index in [4.69, 9.17) is 9.47 Å². The van der Waals surface area contributed by atoms with Crippen molar-refractivity contribution in [1.29, 1.82) is 0 Å². The van der Waals surface area contributed by atoms with Gasteiger partial charge in [0.1, 0.15) is 0 Å². The van der Waals surface area contributed by atoms with Crippen molar-refractivity contribution < 1.29 is 14.3 Å². The Bertz CT molecular complexity index is 676. The molecule has 0 saturated carbocycles. The molecule has 108 valence electrons. The average molecular weight is 282 g/mol. The maximum Gasteiger partial charge on any atom is 0.171 e. The highest BCUT2D eigenvalue weighted by atomic mass is 16.5. The Morgan fingerprint density at radius 1 is 1.10 bits per heavy atom. The molecule has 2 aromatic carbocycles. The molecule has 0 fully saturated rings. The van der Waals surface area contributed by atoms with Crippen LogP contribution in [0.25, 0.3) is 0 Å². The number of para-hydroxylation sites is 1. The molecule has 1 unspecified atom stereocenters. The minimum absolute atomic E-state index is 0.102. The Kier molecular flexibility index (Phi) is 3.65. The number of carbonyl (C=O) groups excluding carboxylic acids is 1. The third-order valence-corrected chi connectivity index (χ3v) is 4.10. The molecule has 0 heterocycles. The van der Waals surface area contributed by atoms with Gasteiger partial charge in [0.05, 0.1) is 19.8 Å². The van der Waals surface area contributed by atoms with Crippen LogP contribution in [-0.2, 0) is 6.42 Å². The van der Waals surface area contributed by atoms with Crippen molar-refractivity contribution in [2.24, 2.45) is 0 Å². The van der Waals surface area contributed by atoms with Gasteiger partial charge in [-0.1, -0.05) is 30.3 Å². The van der Waals surface area contributed by atoms with E-state index in [-0.39, 0.29) is 5.78 Å². The highest BCUT2D eigenvalue weighted by Crippen LogP contribution is 2.39. The minimum Gasteiger partial charge on any atom is -0.493 e. The van der Waals surface area contributed by atoms with Crippen LogP contribution in [0.15, 0.2) is 42.5 Å². The lowest BCUT2D eigenvalue weighted by Gasteiger charge is -2.29. The summed E-state index contributed by atoms with van der Waals surface area (Å²) < 4.78 is 10.6. The SMILES string of the molecule is COc1cccc(C(=O)CC2Cc3ccccc32)c1OC. The fourth-order valence-electron chi connectivity index (χ4n) is 2.99. The van der Waals surface area contributed by atoms with Crippen molar-refractivity contribution in [2.75, 3.05) is 14.2 Å². The first kappa shape index (κ1) is 13.7. The zero-order valence-corrected chi connectivity index (χ0v) is 12.3. The van der Waals surface area contributed by atoms with Gasteiger partial charge in [0.15, 0.2) is 17.3 Å². The Hall–Kier alpha value is -2.29. The average Bonchev–Trinajstić information content (AvgIpc) is 2.51. The molecule has 0 aliphatic heterocycles. The molecule has 0 saturated heterocycles. The first-order valence-electron chi connectivity index (χ1n) is 7.06. The quantitative estimate of drug-likeness (QED) is 0.786. The Labute approximate surface area is 124 Å². The van der Waals surface area contributed by atoms with Crippen LogP contribution >= 0.6 is 0 Å². The van der Waals surface area contributed by atoms with E-state index in [9.17, 15) is 4.79 Å². The molecule has 3 rings (SSSR count). The number of ether oxygens (including phenoxy) is 2. The summed E-state index contributed by atoms with van der Waals surface area (Å²) in [4.78, 5) is 12.6. The largest absolute Gasteiger partial charge is 0.493 e. The summed E-state index contributed by atoms with van der Waals surface area (Å²) in [7, 11) is 3.14. The number of Topliss-reactive ketones (excluding diaryl/α,β-unsaturated/α-hetero) is 1. The highest BCUT2D eigenvalue weighted by molar-refractivity contribution is 6.00. The molecule has 0 aromatic heterocycles. The van der Waals surface area contributed by atoms with Crippen LogP contribution in [0.1, 0.15) is 33.8 Å². The zero-order valence-electron chi connectivity index (χ0n) is 12.3. The van der Waals surface area contributed by atoms with Crippen LogP contribution in [0.4, 0.5) is 0 Å². The molecule has 1 atom stereocenters. The molecule has 2 aromatic rings. The van der Waals surface area contributed by atoms with Crippen molar-refractivity contribution in [2.45, 2.75) is 18.8 Å². The Balaban J connectivity index is 1.81. The summed E-state index contributed by atoms with van der Waals surface area (Å²) in [6.07, 6.45) is 1.49. The van der Waals surface area contributed by atoms with E-state index in [1.807, 2.05) is 18.2 Å². The standard InChI is InChI=1S/C18H18O3/c1-20-17-9-5-8-15(18(17)21-2)16(19)11-13-10-12-6-3-4-7-14(12)13/h3-9,13H,10-11H2,1-2H3. The number of fused-ring (bicyclic) bond motifs is 1. The third kappa shape index (κ3) is 2.40. The maximum absolute atomic E-state index is 12.6. The van der Waals surface area contributed by atoms with Crippen LogP contribution in [0.5, 0.6) is 11.5 Å². The molecule has 0 bridgehead atoms. The van der Waals surface area contributed by atoms with Crippen LogP contribution in [0, 0.1) is 0 Å². The van der Waals surface area contributed by atoms with E-state index in [2.05, 4.69) is 12.1 Å². The number of hydrogen-bond acceptors (Lipinski definition) is 3.